The van der Waals surface area contributed by atoms with Crippen LogP contribution in [-0.2, 0) is 34.1 Å². The number of hydrogen-bond acceptors (Lipinski definition) is 9. The number of ether oxygens (including phenoxy) is 1. The van der Waals surface area contributed by atoms with Crippen LogP contribution < -0.4 is 21.9 Å². The molecule has 0 bridgehead atoms. The Morgan fingerprint density at radius 3 is 2.27 bits per heavy atom. The highest BCUT2D eigenvalue weighted by Crippen LogP contribution is 2.35. The second kappa shape index (κ2) is 21.4. The van der Waals surface area contributed by atoms with Crippen molar-refractivity contribution >= 4 is 23.1 Å². The number of amides is 2. The van der Waals surface area contributed by atoms with Crippen LogP contribution >= 0.6 is 0 Å². The third kappa shape index (κ3) is 12.3. The van der Waals surface area contributed by atoms with E-state index in [0.717, 1.165) is 22.4 Å². The lowest BCUT2D eigenvalue weighted by molar-refractivity contribution is -0.137. The normalized spacial score (nSPS) is 15.6. The van der Waals surface area contributed by atoms with Gasteiger partial charge in [0, 0.05) is 37.1 Å². The van der Waals surface area contributed by atoms with E-state index < -0.39 is 53.4 Å². The number of aliphatic hydroxyl groups excluding tert-OH is 2. The number of nitrogens with zero attached hydrogens (tertiary/aromatic N) is 4. The van der Waals surface area contributed by atoms with Gasteiger partial charge in [-0.2, -0.15) is 13.2 Å². The summed E-state index contributed by atoms with van der Waals surface area (Å²) in [5.74, 6) is -2.17. The molecule has 0 saturated carbocycles. The third-order valence-electron chi connectivity index (χ3n) is 8.92. The number of likely N-dealkylation sites (tertiary alicyclic amines) is 1. The number of halogens is 3. The van der Waals surface area contributed by atoms with Gasteiger partial charge in [-0.1, -0.05) is 40.3 Å². The summed E-state index contributed by atoms with van der Waals surface area (Å²) in [6.45, 7) is 14.5. The van der Waals surface area contributed by atoms with Gasteiger partial charge in [0.1, 0.15) is 12.3 Å². The number of hydrogen-bond donors (Lipinski definition) is 6. The number of H-pyrrole nitrogens is 1. The SMILES string of the molecule is C=C(C(=O)N1CCC(c2c([C@@H](C)O)[nH]n(C)c(C3=CCOCC3)nn(CC(=O)Nc3ccc(C(F)(F)F)cc3C(C)C)c2=O)CC1)/C(O)=C(/C)N.CC.CNC. The molecule has 2 aromatic rings. The Kier molecular flexibility index (Phi) is 18.1. The van der Waals surface area contributed by atoms with E-state index in [9.17, 15) is 37.8 Å². The highest BCUT2D eigenvalue weighted by Gasteiger charge is 2.33. The maximum atomic E-state index is 14.5. The van der Waals surface area contributed by atoms with Crippen LogP contribution in [0.1, 0.15) is 107 Å². The van der Waals surface area contributed by atoms with E-state index >= 15 is 0 Å². The van der Waals surface area contributed by atoms with Gasteiger partial charge in [-0.25, -0.2) is 4.68 Å². The van der Waals surface area contributed by atoms with Crippen molar-refractivity contribution < 1.29 is 37.7 Å². The van der Waals surface area contributed by atoms with E-state index in [0.29, 0.717) is 25.5 Å². The van der Waals surface area contributed by atoms with Crippen LogP contribution in [0, 0.1) is 0 Å². The Balaban J connectivity index is 0.00000206. The molecule has 0 unspecified atom stereocenters. The first-order chi connectivity index (χ1) is 26.3. The lowest BCUT2D eigenvalue weighted by atomic mass is 9.88. The van der Waals surface area contributed by atoms with Crippen molar-refractivity contribution in [1.29, 1.82) is 0 Å². The number of piperidine rings is 1. The molecule has 56 heavy (non-hydrogen) atoms. The zero-order chi connectivity index (χ0) is 42.5. The first kappa shape index (κ1) is 47.3. The lowest BCUT2D eigenvalue weighted by Crippen LogP contribution is -2.41. The van der Waals surface area contributed by atoms with Crippen LogP contribution in [0.4, 0.5) is 18.9 Å². The van der Waals surface area contributed by atoms with E-state index in [-0.39, 0.29) is 65.6 Å². The molecule has 1 fully saturated rings. The van der Waals surface area contributed by atoms with Crippen molar-refractivity contribution in [2.75, 3.05) is 45.7 Å². The molecule has 1 saturated heterocycles. The van der Waals surface area contributed by atoms with Crippen molar-refractivity contribution in [2.24, 2.45) is 12.8 Å². The van der Waals surface area contributed by atoms with Crippen molar-refractivity contribution in [3.8, 4) is 0 Å². The van der Waals surface area contributed by atoms with Gasteiger partial charge in [0.25, 0.3) is 11.5 Å². The van der Waals surface area contributed by atoms with Crippen LogP contribution in [0.15, 0.2) is 52.7 Å². The van der Waals surface area contributed by atoms with Gasteiger partial charge in [0.15, 0.2) is 5.82 Å². The van der Waals surface area contributed by atoms with Crippen molar-refractivity contribution in [3.05, 3.63) is 86.4 Å². The Morgan fingerprint density at radius 1 is 1.16 bits per heavy atom. The summed E-state index contributed by atoms with van der Waals surface area (Å²) in [5.41, 5.74) is 5.52. The quantitative estimate of drug-likeness (QED) is 0.107. The van der Waals surface area contributed by atoms with Crippen LogP contribution in [0.25, 0.3) is 5.57 Å². The van der Waals surface area contributed by atoms with Gasteiger partial charge in [0.2, 0.25) is 5.91 Å². The summed E-state index contributed by atoms with van der Waals surface area (Å²) in [5, 5.41) is 34.4. The molecular weight excluding hydrogens is 733 g/mol. The predicted octanol–water partition coefficient (Wildman–Crippen LogP) is 5.54. The van der Waals surface area contributed by atoms with Gasteiger partial charge in [-0.15, -0.1) is 5.10 Å². The maximum Gasteiger partial charge on any atom is 0.416 e. The second-order valence-corrected chi connectivity index (χ2v) is 13.6. The molecule has 1 aromatic carbocycles. The molecule has 1 atom stereocenters. The monoisotopic (exact) mass is 792 g/mol. The number of anilines is 1. The van der Waals surface area contributed by atoms with E-state index in [4.69, 9.17) is 10.5 Å². The molecule has 0 spiro atoms. The zero-order valence-corrected chi connectivity index (χ0v) is 33.9. The fourth-order valence-corrected chi connectivity index (χ4v) is 6.16. The molecule has 17 heteroatoms. The summed E-state index contributed by atoms with van der Waals surface area (Å²) in [6, 6.07) is 3.07. The van der Waals surface area contributed by atoms with Gasteiger partial charge < -0.3 is 36.2 Å². The molecule has 2 aliphatic heterocycles. The van der Waals surface area contributed by atoms with Crippen LogP contribution in [0.2, 0.25) is 0 Å². The number of nitrogens with one attached hydrogen (secondary N) is 3. The average molecular weight is 793 g/mol. The van der Waals surface area contributed by atoms with Crippen LogP contribution in [-0.4, -0.2) is 86.9 Å². The zero-order valence-electron chi connectivity index (χ0n) is 33.9. The largest absolute Gasteiger partial charge is 0.505 e. The Bertz CT molecular complexity index is 1860. The minimum absolute atomic E-state index is 0.0459. The minimum Gasteiger partial charge on any atom is -0.505 e. The van der Waals surface area contributed by atoms with Crippen molar-refractivity contribution in [3.63, 3.8) is 0 Å². The van der Waals surface area contributed by atoms with E-state index in [2.05, 4.69) is 27.4 Å². The number of aromatic nitrogens is 4. The number of carbonyl (C=O) groups is 2. The topological polar surface area (TPSA) is 193 Å². The molecule has 0 aliphatic carbocycles. The molecule has 3 heterocycles. The van der Waals surface area contributed by atoms with Crippen molar-refractivity contribution in [1.82, 2.24) is 29.8 Å². The number of aromatic amines is 1. The number of aliphatic hydroxyl groups is 2. The number of carbonyl (C=O) groups excluding carboxylic acids is 2. The first-order valence-corrected chi connectivity index (χ1v) is 18.7. The minimum atomic E-state index is -4.57. The Hall–Kier alpha value is -4.87. The average Bonchev–Trinajstić information content (AvgIpc) is 3.15. The standard InChI is InChI=1S/C35H46F3N7O6.C2H7N.C2H6/c1-19(2)26-17-25(35(36,37)38)7-8-27(26)40-28(47)18-45-34(50)29(23-9-13-44(14-10-23)33(49)20(3)31(48)21(4)39)30(22(5)46)41-43(6)32(42-45)24-11-15-51-16-12-24;1-3-2;1-2/h7-8,11,17,19,22-23,41,46,48H,3,9-10,12-16,18,39H2,1-2,4-6H3,(H,40,47);3H,1-2H3;1-2H3/b30-29?,31-21+,42-32?;;/t22-;;/m1../s1. The van der Waals surface area contributed by atoms with E-state index in [1.807, 2.05) is 27.9 Å². The summed E-state index contributed by atoms with van der Waals surface area (Å²) in [7, 11) is 5.41. The molecule has 2 aliphatic rings. The lowest BCUT2D eigenvalue weighted by Gasteiger charge is -2.33. The molecule has 1 aromatic heterocycles. The molecular formula is C39H59F3N8O6. The van der Waals surface area contributed by atoms with E-state index in [1.54, 1.807) is 31.7 Å². The molecule has 0 radical (unpaired) electrons. The predicted molar refractivity (Wildman–Crippen MR) is 211 cm³/mol. The van der Waals surface area contributed by atoms with Crippen molar-refractivity contribution in [2.45, 2.75) is 91.5 Å². The van der Waals surface area contributed by atoms with Crippen LogP contribution in [0.3, 0.4) is 0 Å². The molecule has 312 valence electrons. The van der Waals surface area contributed by atoms with Gasteiger partial charge in [0.05, 0.1) is 36.1 Å². The summed E-state index contributed by atoms with van der Waals surface area (Å²) >= 11 is 0. The molecule has 2 amide bonds. The number of aryl methyl sites for hydroxylation is 1. The Labute approximate surface area is 326 Å². The molecule has 7 N–H and O–H groups in total. The maximum absolute atomic E-state index is 14.5. The highest BCUT2D eigenvalue weighted by molar-refractivity contribution is 5.96. The van der Waals surface area contributed by atoms with Gasteiger partial charge in [-0.05, 0) is 88.4 Å². The second-order valence-electron chi connectivity index (χ2n) is 13.6. The third-order valence-corrected chi connectivity index (χ3v) is 8.92. The highest BCUT2D eigenvalue weighted by atomic mass is 19.4. The number of alkyl halides is 3. The van der Waals surface area contributed by atoms with Gasteiger partial charge in [-0.3, -0.25) is 24.2 Å². The number of allylic oxidation sites excluding steroid dienone is 1. The summed E-state index contributed by atoms with van der Waals surface area (Å²) in [4.78, 5) is 42.7. The van der Waals surface area contributed by atoms with Crippen LogP contribution in [0.5, 0.6) is 0 Å². The fourth-order valence-electron chi connectivity index (χ4n) is 6.16. The summed E-state index contributed by atoms with van der Waals surface area (Å²) in [6.07, 6.45) is -2.91. The summed E-state index contributed by atoms with van der Waals surface area (Å²) < 4.78 is 48.4. The molecule has 14 nitrogen and oxygen atoms in total. The number of nitrogens with two attached hydrogens (primary N) is 1. The number of benzene rings is 1. The van der Waals surface area contributed by atoms with Gasteiger partial charge >= 0.3 is 6.18 Å². The smallest absolute Gasteiger partial charge is 0.416 e. The Morgan fingerprint density at radius 2 is 1.77 bits per heavy atom. The fraction of sp³-hybridized carbons (Fsp3) is 0.538. The number of rotatable bonds is 9. The molecule has 4 rings (SSSR count). The first-order valence-electron chi connectivity index (χ1n) is 18.7. The van der Waals surface area contributed by atoms with E-state index in [1.165, 1.54) is 24.8 Å².